The number of nitrogens with zero attached hydrogens (tertiary/aromatic N) is 3. The summed E-state index contributed by atoms with van der Waals surface area (Å²) in [5.74, 6) is -0.465. The molecule has 0 spiro atoms. The molecule has 0 aliphatic carbocycles. The Kier molecular flexibility index (Phi) is 6.35. The number of carbonyl (C=O) groups excluding carboxylic acids is 2. The number of amides is 2. The average Bonchev–Trinajstić information content (AvgIpc) is 2.70. The fraction of sp³-hybridized carbons (Fsp3) is 0.286. The highest BCUT2D eigenvalue weighted by molar-refractivity contribution is 5.92. The minimum atomic E-state index is -0.317. The van der Waals surface area contributed by atoms with Gasteiger partial charge in [0.1, 0.15) is 5.82 Å². The lowest BCUT2D eigenvalue weighted by Crippen LogP contribution is -2.50. The number of hydrogen-bond acceptors (Lipinski definition) is 4. The van der Waals surface area contributed by atoms with E-state index in [1.165, 1.54) is 12.1 Å². The van der Waals surface area contributed by atoms with Crippen molar-refractivity contribution in [1.82, 2.24) is 9.80 Å². The molecule has 0 aromatic heterocycles. The molecule has 28 heavy (non-hydrogen) atoms. The van der Waals surface area contributed by atoms with Crippen LogP contribution in [-0.2, 0) is 16.0 Å². The van der Waals surface area contributed by atoms with E-state index in [-0.39, 0.29) is 30.6 Å². The summed E-state index contributed by atoms with van der Waals surface area (Å²) in [4.78, 5) is 28.4. The van der Waals surface area contributed by atoms with Crippen LogP contribution in [0.25, 0.3) is 0 Å². The van der Waals surface area contributed by atoms with E-state index in [9.17, 15) is 14.0 Å². The third kappa shape index (κ3) is 5.38. The smallest absolute Gasteiger partial charge is 0.238 e. The first-order valence-electron chi connectivity index (χ1n) is 9.08. The SMILES string of the molecule is N#Cc1cccc(NC(=O)CN2CCN(C(=O)Cc3ccc(F)cc3)CC2)c1. The number of piperazine rings is 1. The van der Waals surface area contributed by atoms with E-state index in [0.717, 1.165) is 5.56 Å². The van der Waals surface area contributed by atoms with E-state index in [0.29, 0.717) is 37.4 Å². The highest BCUT2D eigenvalue weighted by atomic mass is 19.1. The quantitative estimate of drug-likeness (QED) is 0.861. The molecule has 0 radical (unpaired) electrons. The number of benzene rings is 2. The Morgan fingerprint density at radius 3 is 2.46 bits per heavy atom. The van der Waals surface area contributed by atoms with Crippen LogP contribution in [0, 0.1) is 17.1 Å². The Morgan fingerprint density at radius 1 is 1.07 bits per heavy atom. The largest absolute Gasteiger partial charge is 0.340 e. The number of nitriles is 1. The fourth-order valence-electron chi connectivity index (χ4n) is 3.11. The zero-order valence-corrected chi connectivity index (χ0v) is 15.4. The van der Waals surface area contributed by atoms with Gasteiger partial charge in [0, 0.05) is 31.9 Å². The lowest BCUT2D eigenvalue weighted by atomic mass is 10.1. The summed E-state index contributed by atoms with van der Waals surface area (Å²) in [5, 5.41) is 11.7. The summed E-state index contributed by atoms with van der Waals surface area (Å²) in [6.07, 6.45) is 0.246. The number of rotatable bonds is 5. The van der Waals surface area contributed by atoms with Crippen LogP contribution in [-0.4, -0.2) is 54.3 Å². The van der Waals surface area contributed by atoms with Crippen LogP contribution < -0.4 is 5.32 Å². The van der Waals surface area contributed by atoms with Gasteiger partial charge in [-0.2, -0.15) is 5.26 Å². The molecule has 1 fully saturated rings. The van der Waals surface area contributed by atoms with Gasteiger partial charge in [0.05, 0.1) is 24.6 Å². The van der Waals surface area contributed by atoms with Crippen molar-refractivity contribution in [1.29, 1.82) is 5.26 Å². The third-order valence-corrected chi connectivity index (χ3v) is 4.64. The van der Waals surface area contributed by atoms with E-state index in [1.54, 1.807) is 41.3 Å². The molecule has 0 atom stereocenters. The second-order valence-corrected chi connectivity index (χ2v) is 6.70. The Hall–Kier alpha value is -3.24. The summed E-state index contributed by atoms with van der Waals surface area (Å²) < 4.78 is 13.0. The third-order valence-electron chi connectivity index (χ3n) is 4.64. The molecular weight excluding hydrogens is 359 g/mol. The molecule has 2 aromatic rings. The maximum atomic E-state index is 13.0. The maximum absolute atomic E-state index is 13.0. The van der Waals surface area contributed by atoms with Crippen molar-refractivity contribution in [2.75, 3.05) is 38.0 Å². The van der Waals surface area contributed by atoms with Gasteiger partial charge < -0.3 is 10.2 Å². The van der Waals surface area contributed by atoms with Gasteiger partial charge in [-0.3, -0.25) is 14.5 Å². The zero-order chi connectivity index (χ0) is 19.9. The Morgan fingerprint density at radius 2 is 1.79 bits per heavy atom. The standard InChI is InChI=1S/C21H21FN4O2/c22-18-6-4-16(5-7-18)13-21(28)26-10-8-25(9-11-26)15-20(27)24-19-3-1-2-17(12-19)14-23/h1-7,12H,8-11,13,15H2,(H,24,27). The molecular formula is C21H21FN4O2. The van der Waals surface area contributed by atoms with Gasteiger partial charge in [-0.25, -0.2) is 4.39 Å². The van der Waals surface area contributed by atoms with Gasteiger partial charge in [-0.1, -0.05) is 18.2 Å². The van der Waals surface area contributed by atoms with Crippen molar-refractivity contribution in [2.24, 2.45) is 0 Å². The molecule has 2 amide bonds. The molecule has 2 aromatic carbocycles. The van der Waals surface area contributed by atoms with Crippen LogP contribution in [0.3, 0.4) is 0 Å². The highest BCUT2D eigenvalue weighted by Gasteiger charge is 2.22. The van der Waals surface area contributed by atoms with Crippen LogP contribution in [0.5, 0.6) is 0 Å². The van der Waals surface area contributed by atoms with Crippen molar-refractivity contribution >= 4 is 17.5 Å². The number of halogens is 1. The second kappa shape index (κ2) is 9.11. The molecule has 6 nitrogen and oxygen atoms in total. The van der Waals surface area contributed by atoms with Crippen molar-refractivity contribution in [2.45, 2.75) is 6.42 Å². The van der Waals surface area contributed by atoms with E-state index in [2.05, 4.69) is 5.32 Å². The first-order chi connectivity index (χ1) is 13.5. The molecule has 1 heterocycles. The van der Waals surface area contributed by atoms with Crippen LogP contribution in [0.4, 0.5) is 10.1 Å². The number of carbonyl (C=O) groups is 2. The van der Waals surface area contributed by atoms with Gasteiger partial charge in [0.25, 0.3) is 0 Å². The van der Waals surface area contributed by atoms with Crippen molar-refractivity contribution in [3.8, 4) is 6.07 Å². The molecule has 1 N–H and O–H groups in total. The Balaban J connectivity index is 1.44. The van der Waals surface area contributed by atoms with E-state index >= 15 is 0 Å². The summed E-state index contributed by atoms with van der Waals surface area (Å²) in [7, 11) is 0. The first kappa shape index (κ1) is 19.5. The fourth-order valence-corrected chi connectivity index (χ4v) is 3.11. The molecule has 0 saturated carbocycles. The molecule has 7 heteroatoms. The summed E-state index contributed by atoms with van der Waals surface area (Å²) in [6, 6.07) is 14.8. The summed E-state index contributed by atoms with van der Waals surface area (Å²) in [5.41, 5.74) is 1.87. The summed E-state index contributed by atoms with van der Waals surface area (Å²) in [6.45, 7) is 2.56. The first-order valence-corrected chi connectivity index (χ1v) is 9.08. The van der Waals surface area contributed by atoms with E-state index in [4.69, 9.17) is 5.26 Å². The predicted molar refractivity (Wildman–Crippen MR) is 103 cm³/mol. The molecule has 1 aliphatic rings. The Labute approximate surface area is 163 Å². The summed E-state index contributed by atoms with van der Waals surface area (Å²) >= 11 is 0. The van der Waals surface area contributed by atoms with Gasteiger partial charge in [-0.15, -0.1) is 0 Å². The topological polar surface area (TPSA) is 76.4 Å². The lowest BCUT2D eigenvalue weighted by Gasteiger charge is -2.34. The molecule has 3 rings (SSSR count). The van der Waals surface area contributed by atoms with E-state index in [1.807, 2.05) is 11.0 Å². The average molecular weight is 380 g/mol. The molecule has 0 bridgehead atoms. The Bertz CT molecular complexity index is 884. The number of hydrogen-bond donors (Lipinski definition) is 1. The minimum Gasteiger partial charge on any atom is -0.340 e. The van der Waals surface area contributed by atoms with Crippen LogP contribution in [0.2, 0.25) is 0 Å². The number of nitrogens with one attached hydrogen (secondary N) is 1. The van der Waals surface area contributed by atoms with Crippen LogP contribution >= 0.6 is 0 Å². The van der Waals surface area contributed by atoms with Gasteiger partial charge in [0.15, 0.2) is 0 Å². The lowest BCUT2D eigenvalue weighted by molar-refractivity contribution is -0.132. The monoisotopic (exact) mass is 380 g/mol. The van der Waals surface area contributed by atoms with Crippen molar-refractivity contribution in [3.05, 3.63) is 65.5 Å². The maximum Gasteiger partial charge on any atom is 0.238 e. The molecule has 1 saturated heterocycles. The van der Waals surface area contributed by atoms with E-state index < -0.39 is 0 Å². The second-order valence-electron chi connectivity index (χ2n) is 6.70. The van der Waals surface area contributed by atoms with Gasteiger partial charge in [-0.05, 0) is 35.9 Å². The van der Waals surface area contributed by atoms with Gasteiger partial charge in [0.2, 0.25) is 11.8 Å². The van der Waals surface area contributed by atoms with Gasteiger partial charge >= 0.3 is 0 Å². The number of anilines is 1. The molecule has 1 aliphatic heterocycles. The molecule has 144 valence electrons. The zero-order valence-electron chi connectivity index (χ0n) is 15.4. The highest BCUT2D eigenvalue weighted by Crippen LogP contribution is 2.11. The van der Waals surface area contributed by atoms with Crippen molar-refractivity contribution in [3.63, 3.8) is 0 Å². The normalized spacial score (nSPS) is 14.4. The predicted octanol–water partition coefficient (Wildman–Crippen LogP) is 2.02. The minimum absolute atomic E-state index is 0.00373. The van der Waals surface area contributed by atoms with Crippen LogP contribution in [0.1, 0.15) is 11.1 Å². The molecule has 0 unspecified atom stereocenters. The van der Waals surface area contributed by atoms with Crippen LogP contribution in [0.15, 0.2) is 48.5 Å². The van der Waals surface area contributed by atoms with Crippen molar-refractivity contribution < 1.29 is 14.0 Å².